The van der Waals surface area contributed by atoms with Gasteiger partial charge in [0.2, 0.25) is 0 Å². The second-order valence-electron chi connectivity index (χ2n) is 5.84. The van der Waals surface area contributed by atoms with Gasteiger partial charge in [0.1, 0.15) is 0 Å². The van der Waals surface area contributed by atoms with E-state index in [9.17, 15) is 9.59 Å². The van der Waals surface area contributed by atoms with Gasteiger partial charge in [-0.2, -0.15) is 0 Å². The summed E-state index contributed by atoms with van der Waals surface area (Å²) < 4.78 is 1.47. The molecule has 1 aromatic heterocycles. The molecule has 1 amide bonds. The van der Waals surface area contributed by atoms with Gasteiger partial charge in [-0.3, -0.25) is 9.59 Å². The predicted octanol–water partition coefficient (Wildman–Crippen LogP) is 2.41. The Kier molecular flexibility index (Phi) is 4.09. The summed E-state index contributed by atoms with van der Waals surface area (Å²) in [6.07, 6.45) is 3.59. The van der Waals surface area contributed by atoms with Gasteiger partial charge >= 0.3 is 0 Å². The Balaban J connectivity index is 1.67. The van der Waals surface area contributed by atoms with Crippen LogP contribution in [-0.2, 0) is 7.05 Å². The van der Waals surface area contributed by atoms with E-state index in [1.165, 1.54) is 16.2 Å². The van der Waals surface area contributed by atoms with Gasteiger partial charge in [-0.15, -0.1) is 0 Å². The molecular weight excluding hydrogens is 276 g/mol. The summed E-state index contributed by atoms with van der Waals surface area (Å²) in [5.74, 6) is 0.484. The summed E-state index contributed by atoms with van der Waals surface area (Å²) in [4.78, 5) is 26.0. The SMILES string of the molecule is Cn1ccc(C(=O)N2CCC(c3ccccc3)CC2)cc1=O. The second kappa shape index (κ2) is 6.18. The highest BCUT2D eigenvalue weighted by Crippen LogP contribution is 2.28. The Hall–Kier alpha value is -2.36. The van der Waals surface area contributed by atoms with Gasteiger partial charge in [-0.1, -0.05) is 30.3 Å². The lowest BCUT2D eigenvalue weighted by Crippen LogP contribution is -2.38. The molecule has 1 aliphatic heterocycles. The average Bonchev–Trinajstić information content (AvgIpc) is 2.58. The molecule has 3 rings (SSSR count). The number of rotatable bonds is 2. The van der Waals surface area contributed by atoms with Crippen molar-refractivity contribution >= 4 is 5.91 Å². The monoisotopic (exact) mass is 296 g/mol. The average molecular weight is 296 g/mol. The minimum atomic E-state index is -0.148. The Bertz CT molecular complexity index is 713. The van der Waals surface area contributed by atoms with Crippen LogP contribution in [0.5, 0.6) is 0 Å². The smallest absolute Gasteiger partial charge is 0.254 e. The van der Waals surface area contributed by atoms with E-state index >= 15 is 0 Å². The predicted molar refractivity (Wildman–Crippen MR) is 86.0 cm³/mol. The van der Waals surface area contributed by atoms with E-state index in [1.807, 2.05) is 11.0 Å². The maximum absolute atomic E-state index is 12.5. The van der Waals surface area contributed by atoms with Crippen molar-refractivity contribution < 1.29 is 4.79 Å². The van der Waals surface area contributed by atoms with Crippen molar-refractivity contribution in [2.24, 2.45) is 7.05 Å². The molecule has 0 saturated carbocycles. The molecule has 4 heteroatoms. The molecule has 22 heavy (non-hydrogen) atoms. The highest BCUT2D eigenvalue weighted by atomic mass is 16.2. The molecule has 0 bridgehead atoms. The number of piperidine rings is 1. The van der Waals surface area contributed by atoms with Gasteiger partial charge in [-0.25, -0.2) is 0 Å². The third-order valence-corrected chi connectivity index (χ3v) is 4.40. The fourth-order valence-electron chi connectivity index (χ4n) is 3.01. The van der Waals surface area contributed by atoms with Crippen LogP contribution in [0.4, 0.5) is 0 Å². The van der Waals surface area contributed by atoms with Crippen molar-refractivity contribution in [3.8, 4) is 0 Å². The number of hydrogen-bond donors (Lipinski definition) is 0. The van der Waals surface area contributed by atoms with E-state index in [0.29, 0.717) is 11.5 Å². The molecule has 0 atom stereocenters. The van der Waals surface area contributed by atoms with E-state index < -0.39 is 0 Å². The molecule has 0 aliphatic carbocycles. The highest BCUT2D eigenvalue weighted by Gasteiger charge is 2.24. The third-order valence-electron chi connectivity index (χ3n) is 4.40. The molecule has 1 saturated heterocycles. The maximum Gasteiger partial charge on any atom is 0.254 e. The van der Waals surface area contributed by atoms with Gasteiger partial charge in [0.05, 0.1) is 0 Å². The van der Waals surface area contributed by atoms with Crippen LogP contribution >= 0.6 is 0 Å². The number of benzene rings is 1. The topological polar surface area (TPSA) is 42.3 Å². The van der Waals surface area contributed by atoms with Crippen LogP contribution in [0.3, 0.4) is 0 Å². The summed E-state index contributed by atoms with van der Waals surface area (Å²) in [5.41, 5.74) is 1.69. The van der Waals surface area contributed by atoms with Gasteiger partial charge in [-0.05, 0) is 30.4 Å². The third kappa shape index (κ3) is 2.96. The van der Waals surface area contributed by atoms with Crippen molar-refractivity contribution in [3.05, 3.63) is 70.1 Å². The zero-order chi connectivity index (χ0) is 15.5. The lowest BCUT2D eigenvalue weighted by molar-refractivity contribution is 0.0712. The molecule has 2 aromatic rings. The normalized spacial score (nSPS) is 15.8. The Morgan fingerprint density at radius 3 is 2.41 bits per heavy atom. The van der Waals surface area contributed by atoms with Crippen molar-refractivity contribution in [3.63, 3.8) is 0 Å². The molecule has 1 aliphatic rings. The maximum atomic E-state index is 12.5. The molecule has 0 radical (unpaired) electrons. The first-order chi connectivity index (χ1) is 10.6. The first-order valence-corrected chi connectivity index (χ1v) is 7.66. The minimum Gasteiger partial charge on any atom is -0.339 e. The van der Waals surface area contributed by atoms with Crippen LogP contribution in [0, 0.1) is 0 Å². The van der Waals surface area contributed by atoms with Gasteiger partial charge in [0, 0.05) is 38.0 Å². The van der Waals surface area contributed by atoms with Crippen LogP contribution < -0.4 is 5.56 Å². The number of carbonyl (C=O) groups excluding carboxylic acids is 1. The molecule has 0 N–H and O–H groups in total. The van der Waals surface area contributed by atoms with Gasteiger partial charge < -0.3 is 9.47 Å². The highest BCUT2D eigenvalue weighted by molar-refractivity contribution is 5.94. The van der Waals surface area contributed by atoms with E-state index in [4.69, 9.17) is 0 Å². The number of carbonyl (C=O) groups is 1. The second-order valence-corrected chi connectivity index (χ2v) is 5.84. The molecule has 1 fully saturated rings. The number of hydrogen-bond acceptors (Lipinski definition) is 2. The van der Waals surface area contributed by atoms with E-state index in [-0.39, 0.29) is 11.5 Å². The van der Waals surface area contributed by atoms with E-state index in [1.54, 1.807) is 19.3 Å². The zero-order valence-electron chi connectivity index (χ0n) is 12.7. The van der Waals surface area contributed by atoms with Crippen LogP contribution in [0.2, 0.25) is 0 Å². The Morgan fingerprint density at radius 2 is 1.77 bits per heavy atom. The summed E-state index contributed by atoms with van der Waals surface area (Å²) in [6, 6.07) is 13.6. The quantitative estimate of drug-likeness (QED) is 0.854. The largest absolute Gasteiger partial charge is 0.339 e. The number of amides is 1. The molecule has 0 spiro atoms. The zero-order valence-corrected chi connectivity index (χ0v) is 12.7. The molecule has 2 heterocycles. The Morgan fingerprint density at radius 1 is 1.09 bits per heavy atom. The van der Waals surface area contributed by atoms with Crippen molar-refractivity contribution in [2.75, 3.05) is 13.1 Å². The van der Waals surface area contributed by atoms with Crippen LogP contribution in [0.25, 0.3) is 0 Å². The van der Waals surface area contributed by atoms with Crippen molar-refractivity contribution in [1.82, 2.24) is 9.47 Å². The van der Waals surface area contributed by atoms with Crippen LogP contribution in [0.15, 0.2) is 53.5 Å². The molecule has 0 unspecified atom stereocenters. The molecular formula is C18H20N2O2. The number of nitrogens with zero attached hydrogens (tertiary/aromatic N) is 2. The number of aryl methyl sites for hydroxylation is 1. The first kappa shape index (κ1) is 14.6. The van der Waals surface area contributed by atoms with E-state index in [0.717, 1.165) is 25.9 Å². The minimum absolute atomic E-state index is 0.0378. The van der Waals surface area contributed by atoms with Crippen molar-refractivity contribution in [2.45, 2.75) is 18.8 Å². The van der Waals surface area contributed by atoms with Crippen molar-refractivity contribution in [1.29, 1.82) is 0 Å². The molecule has 1 aromatic carbocycles. The summed E-state index contributed by atoms with van der Waals surface area (Å²) in [5, 5.41) is 0. The first-order valence-electron chi connectivity index (χ1n) is 7.66. The van der Waals surface area contributed by atoms with Gasteiger partial charge in [0.25, 0.3) is 11.5 Å². The summed E-state index contributed by atoms with van der Waals surface area (Å²) in [7, 11) is 1.68. The number of likely N-dealkylation sites (tertiary alicyclic amines) is 1. The summed E-state index contributed by atoms with van der Waals surface area (Å²) in [6.45, 7) is 1.49. The summed E-state index contributed by atoms with van der Waals surface area (Å²) >= 11 is 0. The lowest BCUT2D eigenvalue weighted by atomic mass is 9.89. The fourth-order valence-corrected chi connectivity index (χ4v) is 3.01. The van der Waals surface area contributed by atoms with Crippen LogP contribution in [-0.4, -0.2) is 28.5 Å². The fraction of sp³-hybridized carbons (Fsp3) is 0.333. The number of aromatic nitrogens is 1. The van der Waals surface area contributed by atoms with Crippen LogP contribution in [0.1, 0.15) is 34.7 Å². The standard InChI is InChI=1S/C18H20N2O2/c1-19-10-7-16(13-17(19)21)18(22)20-11-8-15(9-12-20)14-5-3-2-4-6-14/h2-7,10,13,15H,8-9,11-12H2,1H3. The molecule has 114 valence electrons. The van der Waals surface area contributed by atoms with Gasteiger partial charge in [0.15, 0.2) is 0 Å². The Labute approximate surface area is 130 Å². The molecule has 4 nitrogen and oxygen atoms in total. The lowest BCUT2D eigenvalue weighted by Gasteiger charge is -2.32. The number of pyridine rings is 1. The van der Waals surface area contributed by atoms with E-state index in [2.05, 4.69) is 24.3 Å².